The minimum Gasteiger partial charge on any atom is -0.352 e. The maximum atomic E-state index is 4.46. The minimum atomic E-state index is 0.501. The van der Waals surface area contributed by atoms with Crippen LogP contribution < -0.4 is 10.2 Å². The lowest BCUT2D eigenvalue weighted by atomic mass is 10.1. The summed E-state index contributed by atoms with van der Waals surface area (Å²) < 4.78 is 0. The number of pyridine rings is 1. The number of hydrogen-bond acceptors (Lipinski definition) is 4. The molecule has 4 nitrogen and oxygen atoms in total. The normalized spacial score (nSPS) is 26.2. The molecular formula is C14H22N4. The Balaban J connectivity index is 1.64. The van der Waals surface area contributed by atoms with E-state index >= 15 is 0 Å². The Bertz CT molecular complexity index is 361. The first kappa shape index (κ1) is 11.9. The molecule has 0 amide bonds. The summed E-state index contributed by atoms with van der Waals surface area (Å²) in [6.07, 6.45) is 6.48. The fourth-order valence-corrected chi connectivity index (χ4v) is 2.95. The maximum Gasteiger partial charge on any atom is 0.128 e. The molecule has 3 rings (SSSR count). The van der Waals surface area contributed by atoms with E-state index in [1.165, 1.54) is 32.4 Å². The number of likely N-dealkylation sites (tertiary alicyclic amines) is 1. The van der Waals surface area contributed by atoms with Crippen LogP contribution in [0.3, 0.4) is 0 Å². The molecule has 0 bridgehead atoms. The number of piperazine rings is 1. The molecule has 1 aromatic heterocycles. The zero-order valence-electron chi connectivity index (χ0n) is 10.9. The van der Waals surface area contributed by atoms with Crippen LogP contribution in [0.15, 0.2) is 24.4 Å². The second kappa shape index (κ2) is 5.67. The summed E-state index contributed by atoms with van der Waals surface area (Å²) >= 11 is 0. The SMILES string of the molecule is c1ccc(N2CCNC(N3CCCCC3)C2)nc1. The first-order valence-corrected chi connectivity index (χ1v) is 7.07. The summed E-state index contributed by atoms with van der Waals surface area (Å²) in [6, 6.07) is 6.16. The van der Waals surface area contributed by atoms with Crippen molar-refractivity contribution in [3.05, 3.63) is 24.4 Å². The molecule has 2 saturated heterocycles. The van der Waals surface area contributed by atoms with E-state index < -0.39 is 0 Å². The van der Waals surface area contributed by atoms with Crippen LogP contribution in [0.1, 0.15) is 19.3 Å². The van der Waals surface area contributed by atoms with Crippen molar-refractivity contribution in [3.8, 4) is 0 Å². The van der Waals surface area contributed by atoms with E-state index in [0.29, 0.717) is 6.17 Å². The summed E-state index contributed by atoms with van der Waals surface area (Å²) in [4.78, 5) is 9.46. The van der Waals surface area contributed by atoms with E-state index in [0.717, 1.165) is 25.5 Å². The molecule has 0 aromatic carbocycles. The van der Waals surface area contributed by atoms with Gasteiger partial charge in [-0.15, -0.1) is 0 Å². The third-order valence-corrected chi connectivity index (χ3v) is 3.96. The fraction of sp³-hybridized carbons (Fsp3) is 0.643. The van der Waals surface area contributed by atoms with Gasteiger partial charge in [-0.2, -0.15) is 0 Å². The van der Waals surface area contributed by atoms with E-state index in [-0.39, 0.29) is 0 Å². The number of hydrogen-bond donors (Lipinski definition) is 1. The predicted molar refractivity (Wildman–Crippen MR) is 73.7 cm³/mol. The van der Waals surface area contributed by atoms with Crippen molar-refractivity contribution in [2.45, 2.75) is 25.4 Å². The van der Waals surface area contributed by atoms with Gasteiger partial charge in [-0.05, 0) is 38.1 Å². The number of anilines is 1. The molecule has 0 spiro atoms. The zero-order chi connectivity index (χ0) is 12.2. The van der Waals surface area contributed by atoms with Crippen molar-refractivity contribution in [1.29, 1.82) is 0 Å². The molecule has 2 aliphatic heterocycles. The van der Waals surface area contributed by atoms with Crippen LogP contribution in [-0.4, -0.2) is 48.8 Å². The highest BCUT2D eigenvalue weighted by atomic mass is 15.4. The number of piperidine rings is 1. The van der Waals surface area contributed by atoms with Gasteiger partial charge in [0.15, 0.2) is 0 Å². The standard InChI is InChI=1S/C14H22N4/c1-4-9-17(10-5-1)14-12-18(11-8-16-14)13-6-2-3-7-15-13/h2-3,6-7,14,16H,1,4-5,8-12H2. The van der Waals surface area contributed by atoms with E-state index in [1.807, 2.05) is 12.3 Å². The van der Waals surface area contributed by atoms with Crippen LogP contribution in [0.5, 0.6) is 0 Å². The molecule has 0 saturated carbocycles. The number of aromatic nitrogens is 1. The van der Waals surface area contributed by atoms with Crippen LogP contribution in [-0.2, 0) is 0 Å². The average molecular weight is 246 g/mol. The molecule has 3 heterocycles. The molecule has 98 valence electrons. The van der Waals surface area contributed by atoms with Crippen molar-refractivity contribution in [2.75, 3.05) is 37.6 Å². The van der Waals surface area contributed by atoms with Crippen molar-refractivity contribution < 1.29 is 0 Å². The Morgan fingerprint density at radius 1 is 1.11 bits per heavy atom. The summed E-state index contributed by atoms with van der Waals surface area (Å²) in [6.45, 7) is 5.65. The van der Waals surface area contributed by atoms with Gasteiger partial charge >= 0.3 is 0 Å². The number of nitrogens with one attached hydrogen (secondary N) is 1. The smallest absolute Gasteiger partial charge is 0.128 e. The Labute approximate surface area is 109 Å². The van der Waals surface area contributed by atoms with Gasteiger partial charge in [-0.25, -0.2) is 4.98 Å². The van der Waals surface area contributed by atoms with Crippen LogP contribution >= 0.6 is 0 Å². The highest BCUT2D eigenvalue weighted by molar-refractivity contribution is 5.38. The molecule has 1 aromatic rings. The molecule has 18 heavy (non-hydrogen) atoms. The summed E-state index contributed by atoms with van der Waals surface area (Å²) in [5, 5.41) is 3.65. The van der Waals surface area contributed by atoms with Gasteiger partial charge in [0.05, 0.1) is 6.17 Å². The Morgan fingerprint density at radius 3 is 2.78 bits per heavy atom. The first-order chi connectivity index (χ1) is 8.93. The van der Waals surface area contributed by atoms with Crippen molar-refractivity contribution in [2.24, 2.45) is 0 Å². The monoisotopic (exact) mass is 246 g/mol. The first-order valence-electron chi connectivity index (χ1n) is 7.07. The zero-order valence-corrected chi connectivity index (χ0v) is 10.9. The molecule has 2 fully saturated rings. The Morgan fingerprint density at radius 2 is 2.00 bits per heavy atom. The quantitative estimate of drug-likeness (QED) is 0.852. The topological polar surface area (TPSA) is 31.4 Å². The largest absolute Gasteiger partial charge is 0.352 e. The molecule has 1 atom stereocenters. The van der Waals surface area contributed by atoms with Gasteiger partial charge in [-0.3, -0.25) is 10.2 Å². The lowest BCUT2D eigenvalue weighted by molar-refractivity contribution is 0.131. The summed E-state index contributed by atoms with van der Waals surface area (Å²) in [7, 11) is 0. The van der Waals surface area contributed by atoms with E-state index in [4.69, 9.17) is 0 Å². The molecule has 1 N–H and O–H groups in total. The van der Waals surface area contributed by atoms with Crippen molar-refractivity contribution >= 4 is 5.82 Å². The van der Waals surface area contributed by atoms with Gasteiger partial charge in [0.2, 0.25) is 0 Å². The molecule has 0 radical (unpaired) electrons. The minimum absolute atomic E-state index is 0.501. The van der Waals surface area contributed by atoms with E-state index in [9.17, 15) is 0 Å². The Hall–Kier alpha value is -1.13. The summed E-state index contributed by atoms with van der Waals surface area (Å²) in [5.41, 5.74) is 0. The molecule has 2 aliphatic rings. The molecule has 1 unspecified atom stereocenters. The molecule has 4 heteroatoms. The van der Waals surface area contributed by atoms with Gasteiger partial charge in [0.1, 0.15) is 5.82 Å². The lowest BCUT2D eigenvalue weighted by Crippen LogP contribution is -2.59. The third kappa shape index (κ3) is 2.65. The van der Waals surface area contributed by atoms with Gasteiger partial charge < -0.3 is 4.90 Å². The third-order valence-electron chi connectivity index (χ3n) is 3.96. The second-order valence-corrected chi connectivity index (χ2v) is 5.20. The van der Waals surface area contributed by atoms with Crippen LogP contribution in [0.25, 0.3) is 0 Å². The van der Waals surface area contributed by atoms with Crippen LogP contribution in [0.2, 0.25) is 0 Å². The van der Waals surface area contributed by atoms with E-state index in [2.05, 4.69) is 32.2 Å². The summed E-state index contributed by atoms with van der Waals surface area (Å²) in [5.74, 6) is 1.11. The lowest BCUT2D eigenvalue weighted by Gasteiger charge is -2.41. The van der Waals surface area contributed by atoms with E-state index in [1.54, 1.807) is 0 Å². The van der Waals surface area contributed by atoms with Crippen LogP contribution in [0.4, 0.5) is 5.82 Å². The highest BCUT2D eigenvalue weighted by Gasteiger charge is 2.26. The average Bonchev–Trinajstić information content (AvgIpc) is 2.49. The van der Waals surface area contributed by atoms with Gasteiger partial charge in [-0.1, -0.05) is 12.5 Å². The molecular weight excluding hydrogens is 224 g/mol. The highest BCUT2D eigenvalue weighted by Crippen LogP contribution is 2.16. The number of nitrogens with zero attached hydrogens (tertiary/aromatic N) is 3. The maximum absolute atomic E-state index is 4.46. The fourth-order valence-electron chi connectivity index (χ4n) is 2.95. The predicted octanol–water partition coefficient (Wildman–Crippen LogP) is 1.30. The second-order valence-electron chi connectivity index (χ2n) is 5.20. The van der Waals surface area contributed by atoms with Crippen molar-refractivity contribution in [1.82, 2.24) is 15.2 Å². The van der Waals surface area contributed by atoms with Gasteiger partial charge in [0.25, 0.3) is 0 Å². The van der Waals surface area contributed by atoms with Crippen molar-refractivity contribution in [3.63, 3.8) is 0 Å². The molecule has 0 aliphatic carbocycles. The number of rotatable bonds is 2. The van der Waals surface area contributed by atoms with Gasteiger partial charge in [0, 0.05) is 25.8 Å². The Kier molecular flexibility index (Phi) is 3.76. The van der Waals surface area contributed by atoms with Crippen LogP contribution in [0, 0.1) is 0 Å².